The second-order valence-corrected chi connectivity index (χ2v) is 4.86. The maximum Gasteiger partial charge on any atom is 0.354 e. The number of hydrogen-bond acceptors (Lipinski definition) is 4. The first-order valence-corrected chi connectivity index (χ1v) is 6.76. The van der Waals surface area contributed by atoms with Crippen molar-refractivity contribution in [3.63, 3.8) is 0 Å². The van der Waals surface area contributed by atoms with E-state index in [4.69, 9.17) is 0 Å². The highest BCUT2D eigenvalue weighted by molar-refractivity contribution is 5.95. The molecule has 0 radical (unpaired) electrons. The average molecular weight is 332 g/mol. The van der Waals surface area contributed by atoms with Gasteiger partial charge in [0.1, 0.15) is 5.69 Å². The number of fused-ring (bicyclic) bond motifs is 1. The van der Waals surface area contributed by atoms with E-state index in [9.17, 15) is 23.5 Å². The predicted octanol–water partition coefficient (Wildman–Crippen LogP) is 1.64. The number of rotatable bonds is 4. The number of carbonyl (C=O) groups is 2. The molecule has 9 heteroatoms. The van der Waals surface area contributed by atoms with Gasteiger partial charge in [0.25, 0.3) is 5.91 Å². The fourth-order valence-corrected chi connectivity index (χ4v) is 2.10. The van der Waals surface area contributed by atoms with Crippen LogP contribution in [0, 0.1) is 11.6 Å². The smallest absolute Gasteiger partial charge is 0.354 e. The largest absolute Gasteiger partial charge is 0.477 e. The standard InChI is InChI=1S/C15H10F2N4O3/c16-9-2-1-8(5-10(9)17)7-18-14(22)11-6-12(15(23)24)21-13(20-11)3-4-19-21/h1-6H,7H2,(H,18,22)(H,23,24). The van der Waals surface area contributed by atoms with Crippen LogP contribution in [-0.2, 0) is 6.54 Å². The molecule has 0 spiro atoms. The molecule has 1 aromatic carbocycles. The monoisotopic (exact) mass is 332 g/mol. The lowest BCUT2D eigenvalue weighted by atomic mass is 10.2. The van der Waals surface area contributed by atoms with Crippen LogP contribution in [0.5, 0.6) is 0 Å². The molecule has 3 rings (SSSR count). The van der Waals surface area contributed by atoms with Crippen molar-refractivity contribution in [3.05, 3.63) is 65.1 Å². The molecule has 0 bridgehead atoms. The summed E-state index contributed by atoms with van der Waals surface area (Å²) in [5, 5.41) is 15.5. The minimum Gasteiger partial charge on any atom is -0.477 e. The predicted molar refractivity (Wildman–Crippen MR) is 77.5 cm³/mol. The van der Waals surface area contributed by atoms with Crippen molar-refractivity contribution in [2.24, 2.45) is 0 Å². The molecule has 0 saturated heterocycles. The van der Waals surface area contributed by atoms with Crippen molar-refractivity contribution < 1.29 is 23.5 Å². The normalized spacial score (nSPS) is 10.8. The molecule has 0 unspecified atom stereocenters. The van der Waals surface area contributed by atoms with Gasteiger partial charge in [0.05, 0.1) is 6.20 Å². The van der Waals surface area contributed by atoms with Crippen molar-refractivity contribution in [2.75, 3.05) is 0 Å². The summed E-state index contributed by atoms with van der Waals surface area (Å²) in [6.07, 6.45) is 1.36. The Morgan fingerprint density at radius 2 is 1.96 bits per heavy atom. The van der Waals surface area contributed by atoms with Crippen LogP contribution >= 0.6 is 0 Å². The van der Waals surface area contributed by atoms with E-state index in [0.717, 1.165) is 22.7 Å². The first-order chi connectivity index (χ1) is 11.5. The van der Waals surface area contributed by atoms with E-state index in [0.29, 0.717) is 5.56 Å². The zero-order valence-electron chi connectivity index (χ0n) is 12.0. The average Bonchev–Trinajstić information content (AvgIpc) is 3.03. The van der Waals surface area contributed by atoms with Crippen molar-refractivity contribution >= 4 is 17.5 Å². The third kappa shape index (κ3) is 2.91. The SMILES string of the molecule is O=C(NCc1ccc(F)c(F)c1)c1cc(C(=O)O)n2nccc2n1. The number of nitrogens with one attached hydrogen (secondary N) is 1. The number of aromatic nitrogens is 3. The third-order valence-corrected chi connectivity index (χ3v) is 3.25. The molecule has 24 heavy (non-hydrogen) atoms. The zero-order valence-corrected chi connectivity index (χ0v) is 12.0. The molecule has 0 fully saturated rings. The first-order valence-electron chi connectivity index (χ1n) is 6.76. The van der Waals surface area contributed by atoms with Gasteiger partial charge in [-0.2, -0.15) is 5.10 Å². The van der Waals surface area contributed by atoms with Gasteiger partial charge in [-0.1, -0.05) is 6.07 Å². The van der Waals surface area contributed by atoms with E-state index in [2.05, 4.69) is 15.4 Å². The number of carbonyl (C=O) groups excluding carboxylic acids is 1. The van der Waals surface area contributed by atoms with Crippen molar-refractivity contribution in [3.8, 4) is 0 Å². The number of amides is 1. The Bertz CT molecular complexity index is 955. The third-order valence-electron chi connectivity index (χ3n) is 3.25. The molecule has 122 valence electrons. The number of nitrogens with zero attached hydrogens (tertiary/aromatic N) is 3. The molecule has 1 amide bonds. The quantitative estimate of drug-likeness (QED) is 0.757. The summed E-state index contributed by atoms with van der Waals surface area (Å²) < 4.78 is 27.1. The van der Waals surface area contributed by atoms with E-state index in [1.807, 2.05) is 0 Å². The molecule has 0 aliphatic heterocycles. The summed E-state index contributed by atoms with van der Waals surface area (Å²) >= 11 is 0. The van der Waals surface area contributed by atoms with Gasteiger partial charge in [-0.05, 0) is 17.7 Å². The number of benzene rings is 1. The second-order valence-electron chi connectivity index (χ2n) is 4.86. The van der Waals surface area contributed by atoms with Gasteiger partial charge in [-0.3, -0.25) is 4.79 Å². The topological polar surface area (TPSA) is 96.6 Å². The van der Waals surface area contributed by atoms with Crippen LogP contribution in [0.15, 0.2) is 36.5 Å². The molecule has 0 aliphatic rings. The van der Waals surface area contributed by atoms with Gasteiger partial charge in [0.2, 0.25) is 0 Å². The van der Waals surface area contributed by atoms with E-state index in [1.54, 1.807) is 0 Å². The van der Waals surface area contributed by atoms with Crippen LogP contribution in [0.25, 0.3) is 5.65 Å². The Labute approximate surface area is 133 Å². The van der Waals surface area contributed by atoms with Crippen LogP contribution in [0.4, 0.5) is 8.78 Å². The molecular weight excluding hydrogens is 322 g/mol. The Balaban J connectivity index is 1.83. The molecule has 2 N–H and O–H groups in total. The van der Waals surface area contributed by atoms with Crippen molar-refractivity contribution in [1.29, 1.82) is 0 Å². The van der Waals surface area contributed by atoms with Crippen molar-refractivity contribution in [2.45, 2.75) is 6.54 Å². The highest BCUT2D eigenvalue weighted by atomic mass is 19.2. The zero-order chi connectivity index (χ0) is 17.3. The van der Waals surface area contributed by atoms with Gasteiger partial charge in [0, 0.05) is 18.7 Å². The summed E-state index contributed by atoms with van der Waals surface area (Å²) in [6.45, 7) is -0.0649. The maximum absolute atomic E-state index is 13.1. The number of hydrogen-bond donors (Lipinski definition) is 2. The summed E-state index contributed by atoms with van der Waals surface area (Å²) in [5.41, 5.74) is 0.213. The summed E-state index contributed by atoms with van der Waals surface area (Å²) in [5.74, 6) is -3.91. The van der Waals surface area contributed by atoms with Gasteiger partial charge in [-0.15, -0.1) is 0 Å². The van der Waals surface area contributed by atoms with E-state index < -0.39 is 23.5 Å². The summed E-state index contributed by atoms with van der Waals surface area (Å²) in [6, 6.07) is 5.79. The van der Waals surface area contributed by atoms with Crippen LogP contribution in [0.3, 0.4) is 0 Å². The van der Waals surface area contributed by atoms with Crippen LogP contribution in [-0.4, -0.2) is 31.6 Å². The van der Waals surface area contributed by atoms with Crippen LogP contribution < -0.4 is 5.32 Å². The van der Waals surface area contributed by atoms with Crippen molar-refractivity contribution in [1.82, 2.24) is 19.9 Å². The maximum atomic E-state index is 13.1. The fourth-order valence-electron chi connectivity index (χ4n) is 2.10. The molecule has 2 aromatic heterocycles. The minimum absolute atomic E-state index is 0.0649. The number of carboxylic acid groups (broad SMARTS) is 1. The number of carboxylic acids is 1. The molecule has 0 atom stereocenters. The highest BCUT2D eigenvalue weighted by Gasteiger charge is 2.16. The minimum atomic E-state index is -1.26. The fraction of sp³-hybridized carbons (Fsp3) is 0.0667. The summed E-state index contributed by atoms with van der Waals surface area (Å²) in [4.78, 5) is 27.4. The molecular formula is C15H10F2N4O3. The molecule has 2 heterocycles. The lowest BCUT2D eigenvalue weighted by Crippen LogP contribution is -2.25. The number of halogens is 2. The first kappa shape index (κ1) is 15.5. The van der Waals surface area contributed by atoms with E-state index in [-0.39, 0.29) is 23.6 Å². The van der Waals surface area contributed by atoms with E-state index in [1.165, 1.54) is 18.3 Å². The molecule has 3 aromatic rings. The lowest BCUT2D eigenvalue weighted by molar-refractivity contribution is 0.0687. The molecule has 0 saturated carbocycles. The highest BCUT2D eigenvalue weighted by Crippen LogP contribution is 2.10. The molecule has 7 nitrogen and oxygen atoms in total. The van der Waals surface area contributed by atoms with Crippen LogP contribution in [0.2, 0.25) is 0 Å². The van der Waals surface area contributed by atoms with Gasteiger partial charge in [-0.25, -0.2) is 23.1 Å². The van der Waals surface area contributed by atoms with Gasteiger partial charge in [0.15, 0.2) is 23.0 Å². The van der Waals surface area contributed by atoms with Gasteiger partial charge >= 0.3 is 5.97 Å². The Kier molecular flexibility index (Phi) is 3.90. The Hall–Kier alpha value is -3.36. The molecule has 0 aliphatic carbocycles. The summed E-state index contributed by atoms with van der Waals surface area (Å²) in [7, 11) is 0. The Morgan fingerprint density at radius 1 is 1.17 bits per heavy atom. The Morgan fingerprint density at radius 3 is 2.67 bits per heavy atom. The second kappa shape index (κ2) is 6.03. The number of aromatic carboxylic acids is 1. The van der Waals surface area contributed by atoms with Crippen LogP contribution in [0.1, 0.15) is 26.5 Å². The van der Waals surface area contributed by atoms with Gasteiger partial charge < -0.3 is 10.4 Å². The van der Waals surface area contributed by atoms with E-state index >= 15 is 0 Å². The lowest BCUT2D eigenvalue weighted by Gasteiger charge is -2.07.